The molecule has 78 valence electrons. The topological polar surface area (TPSA) is 31.0 Å². The molecular weight excluding hydrogens is 168 g/mol. The second-order valence-electron chi connectivity index (χ2n) is 3.35. The van der Waals surface area contributed by atoms with Crippen molar-refractivity contribution in [3.05, 3.63) is 0 Å². The Balaban J connectivity index is 1.63. The predicted molar refractivity (Wildman–Crippen MR) is 50.9 cm³/mol. The predicted octanol–water partition coefficient (Wildman–Crippen LogP) is 1.61. The molecule has 1 rings (SSSR count). The van der Waals surface area contributed by atoms with Crippen LogP contribution in [0.2, 0.25) is 0 Å². The Morgan fingerprint density at radius 1 is 1.15 bits per heavy atom. The van der Waals surface area contributed by atoms with Gasteiger partial charge in [-0.05, 0) is 19.3 Å². The van der Waals surface area contributed by atoms with E-state index < -0.39 is 0 Å². The first-order valence-corrected chi connectivity index (χ1v) is 5.20. The van der Waals surface area contributed by atoms with E-state index in [1.165, 1.54) is 0 Å². The van der Waals surface area contributed by atoms with Crippen LogP contribution in [0.1, 0.15) is 26.2 Å². The minimum absolute atomic E-state index is 0.399. The van der Waals surface area contributed by atoms with Crippen molar-refractivity contribution < 1.29 is 14.2 Å². The van der Waals surface area contributed by atoms with Gasteiger partial charge in [-0.15, -0.1) is 0 Å². The van der Waals surface area contributed by atoms with Crippen molar-refractivity contribution in [1.29, 1.82) is 0 Å². The summed E-state index contributed by atoms with van der Waals surface area (Å²) >= 11 is 0. The molecule has 0 bridgehead atoms. The molecule has 0 N–H and O–H groups in total. The summed E-state index contributed by atoms with van der Waals surface area (Å²) in [5, 5.41) is 0. The molecular formula is C10H20O3. The van der Waals surface area contributed by atoms with Crippen LogP contribution in [0.15, 0.2) is 0 Å². The largest absolute Gasteiger partial charge is 0.381 e. The summed E-state index contributed by atoms with van der Waals surface area (Å²) in [6.45, 7) is 6.39. The summed E-state index contributed by atoms with van der Waals surface area (Å²) in [6.07, 6.45) is 3.70. The lowest BCUT2D eigenvalue weighted by molar-refractivity contribution is 0.0946. The summed E-state index contributed by atoms with van der Waals surface area (Å²) in [7, 11) is 0. The van der Waals surface area contributed by atoms with Gasteiger partial charge in [0.05, 0.1) is 13.2 Å². The molecule has 1 saturated heterocycles. The standard InChI is InChI=1S/C10H20O3/c1-2-5-11-6-3-4-7-12-8-10-9-13-10/h10H,2-9H2,1H3. The van der Waals surface area contributed by atoms with Crippen LogP contribution >= 0.6 is 0 Å². The normalized spacial score (nSPS) is 20.5. The molecule has 0 amide bonds. The third-order valence-corrected chi connectivity index (χ3v) is 1.88. The van der Waals surface area contributed by atoms with Crippen LogP contribution in [0.3, 0.4) is 0 Å². The highest BCUT2D eigenvalue weighted by atomic mass is 16.6. The third kappa shape index (κ3) is 6.99. The SMILES string of the molecule is CCCOCCCCOCC1CO1. The Kier molecular flexibility index (Phi) is 6.15. The molecule has 13 heavy (non-hydrogen) atoms. The van der Waals surface area contributed by atoms with Crippen molar-refractivity contribution in [2.45, 2.75) is 32.3 Å². The van der Waals surface area contributed by atoms with Gasteiger partial charge in [-0.3, -0.25) is 0 Å². The number of unbranched alkanes of at least 4 members (excludes halogenated alkanes) is 1. The third-order valence-electron chi connectivity index (χ3n) is 1.88. The number of ether oxygens (including phenoxy) is 3. The Labute approximate surface area is 80.4 Å². The number of epoxide rings is 1. The van der Waals surface area contributed by atoms with Gasteiger partial charge < -0.3 is 14.2 Å². The van der Waals surface area contributed by atoms with E-state index in [-0.39, 0.29) is 0 Å². The van der Waals surface area contributed by atoms with Crippen molar-refractivity contribution in [3.63, 3.8) is 0 Å². The fourth-order valence-corrected chi connectivity index (χ4v) is 1.03. The zero-order valence-corrected chi connectivity index (χ0v) is 8.46. The van der Waals surface area contributed by atoms with Gasteiger partial charge in [-0.25, -0.2) is 0 Å². The molecule has 1 aliphatic heterocycles. The van der Waals surface area contributed by atoms with Gasteiger partial charge in [0.25, 0.3) is 0 Å². The Hall–Kier alpha value is -0.120. The van der Waals surface area contributed by atoms with Crippen molar-refractivity contribution in [1.82, 2.24) is 0 Å². The van der Waals surface area contributed by atoms with E-state index in [2.05, 4.69) is 6.92 Å². The highest BCUT2D eigenvalue weighted by molar-refractivity contribution is 4.66. The molecule has 1 unspecified atom stereocenters. The average Bonchev–Trinajstić information content (AvgIpc) is 2.93. The first-order chi connectivity index (χ1) is 6.43. The second kappa shape index (κ2) is 7.30. The molecule has 1 atom stereocenters. The van der Waals surface area contributed by atoms with Crippen LogP contribution in [0.25, 0.3) is 0 Å². The van der Waals surface area contributed by atoms with E-state index >= 15 is 0 Å². The smallest absolute Gasteiger partial charge is 0.104 e. The van der Waals surface area contributed by atoms with Crippen molar-refractivity contribution in [3.8, 4) is 0 Å². The molecule has 1 heterocycles. The molecule has 0 aromatic carbocycles. The molecule has 0 radical (unpaired) electrons. The van der Waals surface area contributed by atoms with Crippen LogP contribution in [-0.2, 0) is 14.2 Å². The van der Waals surface area contributed by atoms with Crippen LogP contribution in [0, 0.1) is 0 Å². The van der Waals surface area contributed by atoms with E-state index in [0.717, 1.165) is 52.3 Å². The lowest BCUT2D eigenvalue weighted by Crippen LogP contribution is -2.04. The molecule has 1 aliphatic rings. The fourth-order valence-electron chi connectivity index (χ4n) is 1.03. The van der Waals surface area contributed by atoms with Gasteiger partial charge in [-0.1, -0.05) is 6.92 Å². The average molecular weight is 188 g/mol. The van der Waals surface area contributed by atoms with E-state index in [1.807, 2.05) is 0 Å². The Morgan fingerprint density at radius 3 is 2.46 bits per heavy atom. The first kappa shape index (κ1) is 11.0. The summed E-state index contributed by atoms with van der Waals surface area (Å²) in [5.74, 6) is 0. The zero-order valence-electron chi connectivity index (χ0n) is 8.46. The van der Waals surface area contributed by atoms with E-state index in [0.29, 0.717) is 6.10 Å². The molecule has 3 nitrogen and oxygen atoms in total. The van der Waals surface area contributed by atoms with E-state index in [9.17, 15) is 0 Å². The number of hydrogen-bond acceptors (Lipinski definition) is 3. The van der Waals surface area contributed by atoms with Gasteiger partial charge in [0, 0.05) is 19.8 Å². The van der Waals surface area contributed by atoms with Crippen molar-refractivity contribution in [2.24, 2.45) is 0 Å². The first-order valence-electron chi connectivity index (χ1n) is 5.20. The number of rotatable bonds is 9. The Bertz CT molecular complexity index is 113. The van der Waals surface area contributed by atoms with Gasteiger partial charge in [-0.2, -0.15) is 0 Å². The van der Waals surface area contributed by atoms with Gasteiger partial charge in [0.1, 0.15) is 6.10 Å². The fraction of sp³-hybridized carbons (Fsp3) is 1.00. The molecule has 0 saturated carbocycles. The second-order valence-corrected chi connectivity index (χ2v) is 3.35. The minimum Gasteiger partial charge on any atom is -0.381 e. The molecule has 0 spiro atoms. The van der Waals surface area contributed by atoms with Crippen LogP contribution < -0.4 is 0 Å². The van der Waals surface area contributed by atoms with Crippen molar-refractivity contribution >= 4 is 0 Å². The monoisotopic (exact) mass is 188 g/mol. The maximum Gasteiger partial charge on any atom is 0.104 e. The van der Waals surface area contributed by atoms with Crippen LogP contribution in [-0.4, -0.2) is 39.1 Å². The van der Waals surface area contributed by atoms with E-state index in [4.69, 9.17) is 14.2 Å². The summed E-state index contributed by atoms with van der Waals surface area (Å²) in [4.78, 5) is 0. The molecule has 0 aromatic heterocycles. The maximum atomic E-state index is 5.38. The summed E-state index contributed by atoms with van der Waals surface area (Å²) < 4.78 is 15.7. The molecule has 1 fully saturated rings. The highest BCUT2D eigenvalue weighted by Gasteiger charge is 2.21. The summed E-state index contributed by atoms with van der Waals surface area (Å²) in [6, 6.07) is 0. The zero-order chi connectivity index (χ0) is 9.36. The quantitative estimate of drug-likeness (QED) is 0.407. The Morgan fingerprint density at radius 2 is 1.85 bits per heavy atom. The maximum absolute atomic E-state index is 5.38. The van der Waals surface area contributed by atoms with Gasteiger partial charge in [0.15, 0.2) is 0 Å². The molecule has 3 heteroatoms. The van der Waals surface area contributed by atoms with E-state index in [1.54, 1.807) is 0 Å². The number of hydrogen-bond donors (Lipinski definition) is 0. The van der Waals surface area contributed by atoms with Gasteiger partial charge >= 0.3 is 0 Å². The highest BCUT2D eigenvalue weighted by Crippen LogP contribution is 2.08. The molecule has 0 aliphatic carbocycles. The van der Waals surface area contributed by atoms with Crippen molar-refractivity contribution in [2.75, 3.05) is 33.0 Å². The molecule has 0 aromatic rings. The summed E-state index contributed by atoms with van der Waals surface area (Å²) in [5.41, 5.74) is 0. The minimum atomic E-state index is 0.399. The van der Waals surface area contributed by atoms with Crippen LogP contribution in [0.5, 0.6) is 0 Å². The lowest BCUT2D eigenvalue weighted by atomic mass is 10.3. The van der Waals surface area contributed by atoms with Crippen LogP contribution in [0.4, 0.5) is 0 Å². The van der Waals surface area contributed by atoms with Gasteiger partial charge in [0.2, 0.25) is 0 Å². The lowest BCUT2D eigenvalue weighted by Gasteiger charge is -2.03.